The Labute approximate surface area is 118 Å². The first kappa shape index (κ1) is 13.4. The lowest BCUT2D eigenvalue weighted by Crippen LogP contribution is -2.14. The molecule has 5 nitrogen and oxygen atoms in total. The number of halogens is 1. The molecule has 0 unspecified atom stereocenters. The van der Waals surface area contributed by atoms with Crippen molar-refractivity contribution in [1.82, 2.24) is 4.98 Å². The number of amides is 1. The minimum atomic E-state index is -0.326. The van der Waals surface area contributed by atoms with E-state index in [0.29, 0.717) is 22.8 Å². The van der Waals surface area contributed by atoms with Crippen molar-refractivity contribution in [3.8, 4) is 5.75 Å². The standard InChI is InChI=1S/C13H12BrN3O2/c1-19-9-3-4-10(15)12(6-9)17-13(18)11-5-2-8(14)7-16-11/h2-7H,15H2,1H3,(H,17,18). The first-order valence-electron chi connectivity index (χ1n) is 5.46. The number of hydrogen-bond acceptors (Lipinski definition) is 4. The molecule has 2 rings (SSSR count). The number of nitrogens with one attached hydrogen (secondary N) is 1. The van der Waals surface area contributed by atoms with Gasteiger partial charge in [-0.15, -0.1) is 0 Å². The fourth-order valence-electron chi connectivity index (χ4n) is 1.47. The van der Waals surface area contributed by atoms with Gasteiger partial charge in [0.1, 0.15) is 11.4 Å². The predicted molar refractivity (Wildman–Crippen MR) is 77.3 cm³/mol. The molecule has 0 saturated carbocycles. The highest BCUT2D eigenvalue weighted by Crippen LogP contribution is 2.24. The summed E-state index contributed by atoms with van der Waals surface area (Å²) >= 11 is 3.26. The average molecular weight is 322 g/mol. The molecule has 1 aromatic carbocycles. The quantitative estimate of drug-likeness (QED) is 0.852. The van der Waals surface area contributed by atoms with E-state index in [1.54, 1.807) is 43.6 Å². The molecule has 0 aliphatic heterocycles. The normalized spacial score (nSPS) is 10.0. The van der Waals surface area contributed by atoms with E-state index in [9.17, 15) is 4.79 Å². The van der Waals surface area contributed by atoms with Crippen LogP contribution in [0, 0.1) is 0 Å². The van der Waals surface area contributed by atoms with Gasteiger partial charge in [-0.05, 0) is 40.2 Å². The topological polar surface area (TPSA) is 77.2 Å². The van der Waals surface area contributed by atoms with E-state index < -0.39 is 0 Å². The van der Waals surface area contributed by atoms with Crippen molar-refractivity contribution < 1.29 is 9.53 Å². The van der Waals surface area contributed by atoms with Gasteiger partial charge in [0.2, 0.25) is 0 Å². The molecule has 1 heterocycles. The van der Waals surface area contributed by atoms with Gasteiger partial charge in [-0.1, -0.05) is 0 Å². The second kappa shape index (κ2) is 5.71. The van der Waals surface area contributed by atoms with Crippen LogP contribution in [0.1, 0.15) is 10.5 Å². The lowest BCUT2D eigenvalue weighted by atomic mass is 10.2. The Morgan fingerprint density at radius 1 is 1.37 bits per heavy atom. The number of nitrogens with two attached hydrogens (primary N) is 1. The van der Waals surface area contributed by atoms with Crippen molar-refractivity contribution in [2.45, 2.75) is 0 Å². The van der Waals surface area contributed by atoms with E-state index in [2.05, 4.69) is 26.2 Å². The van der Waals surface area contributed by atoms with Gasteiger partial charge >= 0.3 is 0 Å². The highest BCUT2D eigenvalue weighted by atomic mass is 79.9. The molecular formula is C13H12BrN3O2. The number of methoxy groups -OCH3 is 1. The fourth-order valence-corrected chi connectivity index (χ4v) is 1.70. The van der Waals surface area contributed by atoms with Crippen molar-refractivity contribution in [2.24, 2.45) is 0 Å². The number of nitrogen functional groups attached to an aromatic ring is 1. The van der Waals surface area contributed by atoms with Crippen molar-refractivity contribution in [1.29, 1.82) is 0 Å². The van der Waals surface area contributed by atoms with Crippen molar-refractivity contribution >= 4 is 33.2 Å². The summed E-state index contributed by atoms with van der Waals surface area (Å²) in [6, 6.07) is 8.42. The van der Waals surface area contributed by atoms with Crippen LogP contribution in [0.5, 0.6) is 5.75 Å². The first-order valence-corrected chi connectivity index (χ1v) is 6.26. The van der Waals surface area contributed by atoms with Crippen molar-refractivity contribution in [3.63, 3.8) is 0 Å². The average Bonchev–Trinajstić information content (AvgIpc) is 2.42. The molecule has 19 heavy (non-hydrogen) atoms. The zero-order chi connectivity index (χ0) is 13.8. The largest absolute Gasteiger partial charge is 0.497 e. The highest BCUT2D eigenvalue weighted by Gasteiger charge is 2.10. The second-order valence-electron chi connectivity index (χ2n) is 3.77. The summed E-state index contributed by atoms with van der Waals surface area (Å²) in [6.07, 6.45) is 1.56. The molecule has 0 saturated heterocycles. The van der Waals surface area contributed by atoms with E-state index in [1.807, 2.05) is 0 Å². The van der Waals surface area contributed by atoms with Gasteiger partial charge in [-0.2, -0.15) is 0 Å². The zero-order valence-corrected chi connectivity index (χ0v) is 11.8. The van der Waals surface area contributed by atoms with Gasteiger partial charge in [0.25, 0.3) is 5.91 Å². The van der Waals surface area contributed by atoms with Crippen LogP contribution < -0.4 is 15.8 Å². The third-order valence-corrected chi connectivity index (χ3v) is 2.94. The first-order chi connectivity index (χ1) is 9.10. The molecule has 1 amide bonds. The summed E-state index contributed by atoms with van der Waals surface area (Å²) in [4.78, 5) is 16.0. The number of nitrogens with zero attached hydrogens (tertiary/aromatic N) is 1. The van der Waals surface area contributed by atoms with Crippen LogP contribution in [0.3, 0.4) is 0 Å². The summed E-state index contributed by atoms with van der Waals surface area (Å²) in [5.74, 6) is 0.292. The van der Waals surface area contributed by atoms with Crippen LogP contribution in [0.15, 0.2) is 41.0 Å². The lowest BCUT2D eigenvalue weighted by Gasteiger charge is -2.09. The van der Waals surface area contributed by atoms with Gasteiger partial charge in [0.15, 0.2) is 0 Å². The number of anilines is 2. The van der Waals surface area contributed by atoms with Crippen LogP contribution in [0.25, 0.3) is 0 Å². The molecular weight excluding hydrogens is 310 g/mol. The van der Waals surface area contributed by atoms with Gasteiger partial charge in [0, 0.05) is 16.7 Å². The second-order valence-corrected chi connectivity index (χ2v) is 4.68. The molecule has 98 valence electrons. The van der Waals surface area contributed by atoms with Gasteiger partial charge in [-0.3, -0.25) is 4.79 Å². The molecule has 3 N–H and O–H groups in total. The number of aromatic nitrogens is 1. The van der Waals surface area contributed by atoms with Crippen LogP contribution in [-0.4, -0.2) is 18.0 Å². The molecule has 0 radical (unpaired) electrons. The van der Waals surface area contributed by atoms with Crippen molar-refractivity contribution in [2.75, 3.05) is 18.2 Å². The highest BCUT2D eigenvalue weighted by molar-refractivity contribution is 9.10. The third kappa shape index (κ3) is 3.23. The third-order valence-electron chi connectivity index (χ3n) is 2.47. The predicted octanol–water partition coefficient (Wildman–Crippen LogP) is 2.69. The molecule has 0 fully saturated rings. The summed E-state index contributed by atoms with van der Waals surface area (Å²) < 4.78 is 5.89. The van der Waals surface area contributed by atoms with E-state index in [1.165, 1.54) is 0 Å². The molecule has 0 aliphatic carbocycles. The maximum Gasteiger partial charge on any atom is 0.274 e. The number of hydrogen-bond donors (Lipinski definition) is 2. The summed E-state index contributed by atoms with van der Waals surface area (Å²) in [5, 5.41) is 2.70. The van der Waals surface area contributed by atoms with E-state index in [4.69, 9.17) is 10.5 Å². The van der Waals surface area contributed by atoms with E-state index in [-0.39, 0.29) is 5.91 Å². The minimum Gasteiger partial charge on any atom is -0.497 e. The van der Waals surface area contributed by atoms with Crippen LogP contribution in [-0.2, 0) is 0 Å². The maximum absolute atomic E-state index is 12.0. The Morgan fingerprint density at radius 2 is 2.16 bits per heavy atom. The van der Waals surface area contributed by atoms with E-state index >= 15 is 0 Å². The zero-order valence-electron chi connectivity index (χ0n) is 10.2. The number of rotatable bonds is 3. The Bertz CT molecular complexity index is 599. The van der Waals surface area contributed by atoms with Crippen LogP contribution in [0.2, 0.25) is 0 Å². The smallest absolute Gasteiger partial charge is 0.274 e. The lowest BCUT2D eigenvalue weighted by molar-refractivity contribution is 0.102. The molecule has 6 heteroatoms. The molecule has 1 aromatic heterocycles. The molecule has 0 aliphatic rings. The monoisotopic (exact) mass is 321 g/mol. The summed E-state index contributed by atoms with van der Waals surface area (Å²) in [6.45, 7) is 0. The van der Waals surface area contributed by atoms with Crippen molar-refractivity contribution in [3.05, 3.63) is 46.7 Å². The maximum atomic E-state index is 12.0. The fraction of sp³-hybridized carbons (Fsp3) is 0.0769. The number of ether oxygens (including phenoxy) is 1. The van der Waals surface area contributed by atoms with Crippen LogP contribution >= 0.6 is 15.9 Å². The number of carbonyl (C=O) groups excluding carboxylic acids is 1. The minimum absolute atomic E-state index is 0.311. The number of carbonyl (C=O) groups is 1. The Morgan fingerprint density at radius 3 is 2.79 bits per heavy atom. The van der Waals surface area contributed by atoms with Gasteiger partial charge in [-0.25, -0.2) is 4.98 Å². The number of pyridine rings is 1. The van der Waals surface area contributed by atoms with E-state index in [0.717, 1.165) is 4.47 Å². The molecule has 2 aromatic rings. The summed E-state index contributed by atoms with van der Waals surface area (Å²) in [7, 11) is 1.55. The Balaban J connectivity index is 2.21. The SMILES string of the molecule is COc1ccc(N)c(NC(=O)c2ccc(Br)cn2)c1. The van der Waals surface area contributed by atoms with Crippen LogP contribution in [0.4, 0.5) is 11.4 Å². The molecule has 0 bridgehead atoms. The number of benzene rings is 1. The molecule has 0 atom stereocenters. The Hall–Kier alpha value is -2.08. The van der Waals surface area contributed by atoms with Gasteiger partial charge in [0.05, 0.1) is 18.5 Å². The Kier molecular flexibility index (Phi) is 4.01. The van der Waals surface area contributed by atoms with Gasteiger partial charge < -0.3 is 15.8 Å². The molecule has 0 spiro atoms. The summed E-state index contributed by atoms with van der Waals surface area (Å²) in [5.41, 5.74) is 7.07.